The van der Waals surface area contributed by atoms with Gasteiger partial charge in [-0.15, -0.1) is 10.2 Å². The van der Waals surface area contributed by atoms with Crippen LogP contribution in [0, 0.1) is 0 Å². The monoisotopic (exact) mass is 523 g/mol. The molecule has 1 aliphatic carbocycles. The summed E-state index contributed by atoms with van der Waals surface area (Å²) in [5.74, 6) is -0.637. The zero-order chi connectivity index (χ0) is 20.8. The maximum Gasteiger partial charge on any atom is 0.418 e. The van der Waals surface area contributed by atoms with Crippen LogP contribution < -0.4 is 4.74 Å². The third kappa shape index (κ3) is 4.42. The Kier molecular flexibility index (Phi) is 5.09. The van der Waals surface area contributed by atoms with Gasteiger partial charge in [-0.05, 0) is 25.8 Å². The van der Waals surface area contributed by atoms with E-state index in [2.05, 4.69) is 20.2 Å². The zero-order valence-electron chi connectivity index (χ0n) is 14.9. The van der Waals surface area contributed by atoms with E-state index in [1.54, 1.807) is 0 Å². The Morgan fingerprint density at radius 3 is 2.52 bits per heavy atom. The molecule has 4 rings (SSSR count). The summed E-state index contributed by atoms with van der Waals surface area (Å²) in [5.41, 5.74) is 0.917. The first kappa shape index (κ1) is 20.2. The van der Waals surface area contributed by atoms with Gasteiger partial charge in [-0.1, -0.05) is 0 Å². The molecule has 0 amide bonds. The van der Waals surface area contributed by atoms with Crippen LogP contribution in [0.2, 0.25) is 0 Å². The highest BCUT2D eigenvalue weighted by molar-refractivity contribution is 14.1. The van der Waals surface area contributed by atoms with E-state index >= 15 is 0 Å². The lowest BCUT2D eigenvalue weighted by atomic mass is 10.2. The van der Waals surface area contributed by atoms with Gasteiger partial charge < -0.3 is 9.47 Å². The van der Waals surface area contributed by atoms with Gasteiger partial charge in [0.2, 0.25) is 11.7 Å². The van der Waals surface area contributed by atoms with Crippen molar-refractivity contribution in [2.24, 2.45) is 0 Å². The van der Waals surface area contributed by atoms with Crippen LogP contribution >= 0.6 is 22.6 Å². The van der Waals surface area contributed by atoms with Crippen LogP contribution in [0.1, 0.15) is 25.6 Å². The van der Waals surface area contributed by atoms with E-state index in [9.17, 15) is 17.6 Å². The molecule has 0 unspecified atom stereocenters. The molecular weight excluding hydrogens is 509 g/mol. The van der Waals surface area contributed by atoms with Crippen LogP contribution in [-0.2, 0) is 10.8 Å². The highest BCUT2D eigenvalue weighted by Crippen LogP contribution is 2.37. The number of fused-ring (bicyclic) bond motifs is 1. The Morgan fingerprint density at radius 1 is 1.14 bits per heavy atom. The van der Waals surface area contributed by atoms with Crippen molar-refractivity contribution in [3.63, 3.8) is 0 Å². The van der Waals surface area contributed by atoms with Gasteiger partial charge in [0.15, 0.2) is 11.8 Å². The van der Waals surface area contributed by atoms with E-state index in [0.717, 1.165) is 27.0 Å². The van der Waals surface area contributed by atoms with Crippen LogP contribution in [0.15, 0.2) is 30.7 Å². The lowest BCUT2D eigenvalue weighted by molar-refractivity contribution is -0.261. The molecule has 1 saturated carbocycles. The number of ether oxygens (including phenoxy) is 2. The zero-order valence-corrected chi connectivity index (χ0v) is 17.1. The second-order valence-corrected chi connectivity index (χ2v) is 7.98. The predicted octanol–water partition coefficient (Wildman–Crippen LogP) is 4.21. The van der Waals surface area contributed by atoms with Crippen LogP contribution in [0.25, 0.3) is 16.9 Å². The van der Waals surface area contributed by atoms with Crippen molar-refractivity contribution in [3.05, 3.63) is 36.5 Å². The minimum Gasteiger partial charge on any atom is -0.467 e. The lowest BCUT2D eigenvalue weighted by Gasteiger charge is -2.18. The van der Waals surface area contributed by atoms with Crippen molar-refractivity contribution in [2.75, 3.05) is 0 Å². The predicted molar refractivity (Wildman–Crippen MR) is 101 cm³/mol. The number of halogens is 5. The van der Waals surface area contributed by atoms with Crippen LogP contribution in [0.4, 0.5) is 17.6 Å². The summed E-state index contributed by atoms with van der Waals surface area (Å²) in [6, 6.07) is 2.94. The fourth-order valence-electron chi connectivity index (χ4n) is 2.45. The molecule has 0 saturated heterocycles. The lowest BCUT2D eigenvalue weighted by Crippen LogP contribution is -2.29. The maximum absolute atomic E-state index is 14.4. The van der Waals surface area contributed by atoms with Crippen LogP contribution in [0.3, 0.4) is 0 Å². The highest BCUT2D eigenvalue weighted by Gasteiger charge is 2.44. The van der Waals surface area contributed by atoms with Gasteiger partial charge in [0.05, 0.1) is 18.0 Å². The molecule has 3 aromatic heterocycles. The summed E-state index contributed by atoms with van der Waals surface area (Å²) in [6.07, 6.45) is -0.281. The fourth-order valence-corrected chi connectivity index (χ4v) is 2.57. The molecule has 0 N–H and O–H groups in total. The molecule has 0 aliphatic heterocycles. The highest BCUT2D eigenvalue weighted by atomic mass is 127. The molecule has 0 spiro atoms. The molecule has 12 heteroatoms. The van der Waals surface area contributed by atoms with E-state index in [-0.39, 0.29) is 11.5 Å². The number of rotatable bonds is 7. The fraction of sp³-hybridized carbons (Fsp3) is 0.412. The molecule has 1 fully saturated rings. The standard InChI is InChI=1S/C17H14F4IN5O2/c1-9(16(18,19)22)28-14-5-2-10(6-24-14)12-8-27-13(7-23-12)25-26-15(27)17(20,21)29-11-3-4-11/h2,5-9,11H,3-4H2,1H3/t9-/m1/s1. The molecule has 29 heavy (non-hydrogen) atoms. The first-order valence-electron chi connectivity index (χ1n) is 8.60. The van der Waals surface area contributed by atoms with Gasteiger partial charge in [-0.2, -0.15) is 17.6 Å². The molecule has 3 aromatic rings. The number of alkyl halides is 5. The molecule has 0 radical (unpaired) electrons. The van der Waals surface area contributed by atoms with Gasteiger partial charge in [-0.3, -0.25) is 9.38 Å². The first-order valence-corrected chi connectivity index (χ1v) is 9.68. The number of hydrogen-bond donors (Lipinski definition) is 0. The van der Waals surface area contributed by atoms with Gasteiger partial charge in [-0.25, -0.2) is 4.98 Å². The molecule has 0 aromatic carbocycles. The third-order valence-corrected chi connectivity index (χ3v) is 5.06. The van der Waals surface area contributed by atoms with E-state index in [1.807, 2.05) is 0 Å². The van der Waals surface area contributed by atoms with Crippen molar-refractivity contribution < 1.29 is 27.0 Å². The summed E-state index contributed by atoms with van der Waals surface area (Å²) >= 11 is 0.991. The molecule has 7 nitrogen and oxygen atoms in total. The largest absolute Gasteiger partial charge is 0.467 e. The summed E-state index contributed by atoms with van der Waals surface area (Å²) < 4.78 is 63.1. The Bertz CT molecular complexity index is 1020. The molecular formula is C17H14F4IN5O2. The molecule has 154 valence electrons. The Morgan fingerprint density at radius 2 is 1.90 bits per heavy atom. The number of aromatic nitrogens is 5. The first-order chi connectivity index (χ1) is 13.6. The average Bonchev–Trinajstić information content (AvgIpc) is 3.34. The summed E-state index contributed by atoms with van der Waals surface area (Å²) in [4.78, 5) is 8.15. The van der Waals surface area contributed by atoms with Crippen molar-refractivity contribution in [2.45, 2.75) is 42.0 Å². The van der Waals surface area contributed by atoms with Crippen LogP contribution in [-0.4, -0.2) is 40.7 Å². The summed E-state index contributed by atoms with van der Waals surface area (Å²) in [6.45, 7) is 1.23. The van der Waals surface area contributed by atoms with Gasteiger partial charge in [0.1, 0.15) is 0 Å². The molecule has 1 aliphatic rings. The SMILES string of the molecule is C[C@@H](Oc1ccc(-c2cn3c(C(F)(F)OC4CC4)nnc3cn2)cn1)C(F)(F)I. The number of hydrogen-bond acceptors (Lipinski definition) is 6. The van der Waals surface area contributed by atoms with E-state index in [1.165, 1.54) is 37.6 Å². The number of nitrogens with zero attached hydrogens (tertiary/aromatic N) is 5. The molecule has 1 atom stereocenters. The molecule has 3 heterocycles. The van der Waals surface area contributed by atoms with Crippen molar-refractivity contribution in [3.8, 4) is 17.1 Å². The van der Waals surface area contributed by atoms with E-state index < -0.39 is 28.1 Å². The van der Waals surface area contributed by atoms with E-state index in [0.29, 0.717) is 24.1 Å². The minimum absolute atomic E-state index is 0.00743. The summed E-state index contributed by atoms with van der Waals surface area (Å²) in [5, 5.41) is 7.24. The van der Waals surface area contributed by atoms with Gasteiger partial charge in [0, 0.05) is 46.6 Å². The quantitative estimate of drug-likeness (QED) is 0.263. The topological polar surface area (TPSA) is 74.4 Å². The molecule has 0 bridgehead atoms. The smallest absolute Gasteiger partial charge is 0.418 e. The Balaban J connectivity index is 1.60. The normalized spacial score (nSPS) is 16.2. The van der Waals surface area contributed by atoms with Gasteiger partial charge >= 0.3 is 10.0 Å². The average molecular weight is 523 g/mol. The van der Waals surface area contributed by atoms with Crippen molar-refractivity contribution >= 4 is 28.2 Å². The van der Waals surface area contributed by atoms with Crippen molar-refractivity contribution in [1.82, 2.24) is 24.6 Å². The second-order valence-electron chi connectivity index (χ2n) is 6.55. The Labute approximate surface area is 175 Å². The maximum atomic E-state index is 14.4. The number of pyridine rings is 1. The second kappa shape index (κ2) is 7.31. The summed E-state index contributed by atoms with van der Waals surface area (Å²) in [7, 11) is 0. The van der Waals surface area contributed by atoms with Gasteiger partial charge in [0.25, 0.3) is 0 Å². The Hall–Kier alpha value is -2.09. The van der Waals surface area contributed by atoms with Crippen LogP contribution in [0.5, 0.6) is 5.88 Å². The minimum atomic E-state index is -3.59. The third-order valence-electron chi connectivity index (χ3n) is 4.18. The van der Waals surface area contributed by atoms with E-state index in [4.69, 9.17) is 9.47 Å². The van der Waals surface area contributed by atoms with Crippen molar-refractivity contribution in [1.29, 1.82) is 0 Å².